The molecule has 5 nitrogen and oxygen atoms in total. The number of hydrogen-bond acceptors (Lipinski definition) is 6. The first-order valence-electron chi connectivity index (χ1n) is 12.9. The van der Waals surface area contributed by atoms with E-state index in [1.54, 1.807) is 11.3 Å². The minimum absolute atomic E-state index is 0.587. The van der Waals surface area contributed by atoms with Crippen LogP contribution in [0.1, 0.15) is 28.0 Å². The molecule has 0 bridgehead atoms. The van der Waals surface area contributed by atoms with E-state index in [4.69, 9.17) is 4.98 Å². The van der Waals surface area contributed by atoms with Gasteiger partial charge >= 0.3 is 0 Å². The molecular weight excluding hydrogens is 544 g/mol. The van der Waals surface area contributed by atoms with Crippen LogP contribution in [0, 0.1) is 0 Å². The van der Waals surface area contributed by atoms with Gasteiger partial charge in [0.25, 0.3) is 0 Å². The molecule has 1 saturated heterocycles. The Balaban J connectivity index is 1.69. The minimum Gasteiger partial charge on any atom is -0.379 e. The first-order chi connectivity index (χ1) is 17.8. The molecule has 0 amide bonds. The van der Waals surface area contributed by atoms with Crippen LogP contribution >= 0.6 is 27.3 Å². The Morgan fingerprint density at radius 3 is 2.46 bits per heavy atom. The average molecular weight is 580 g/mol. The van der Waals surface area contributed by atoms with Crippen molar-refractivity contribution in [2.45, 2.75) is 18.4 Å². The smallest absolute Gasteiger partial charge is 0.132 e. The van der Waals surface area contributed by atoms with Gasteiger partial charge in [-0.15, -0.1) is 11.3 Å². The Labute approximate surface area is 232 Å². The zero-order chi connectivity index (χ0) is 26.0. The van der Waals surface area contributed by atoms with Crippen LogP contribution in [0.15, 0.2) is 70.5 Å². The van der Waals surface area contributed by atoms with E-state index in [2.05, 4.69) is 86.2 Å². The lowest BCUT2D eigenvalue weighted by Gasteiger charge is -2.35. The lowest BCUT2D eigenvalue weighted by atomic mass is 9.86. The zero-order valence-corrected chi connectivity index (χ0v) is 24.2. The SMILES string of the molecule is CN(C)CCC(O)(c1cccs1)c1cc(Br)cc2cc(Cc3ccccc3)c(N3CCN(C)CC3)nc12. The number of nitrogens with zero attached hydrogens (tertiary/aromatic N) is 4. The molecule has 3 heterocycles. The highest BCUT2D eigenvalue weighted by molar-refractivity contribution is 9.10. The summed E-state index contributed by atoms with van der Waals surface area (Å²) >= 11 is 5.35. The van der Waals surface area contributed by atoms with Crippen LogP contribution in [-0.2, 0) is 12.0 Å². The molecule has 0 aliphatic carbocycles. The fourth-order valence-corrected chi connectivity index (χ4v) is 6.47. The number of likely N-dealkylation sites (N-methyl/N-ethyl adjacent to an activating group) is 1. The number of fused-ring (bicyclic) bond motifs is 1. The van der Waals surface area contributed by atoms with Gasteiger partial charge in [0.15, 0.2) is 0 Å². The second kappa shape index (κ2) is 11.2. The van der Waals surface area contributed by atoms with Crippen molar-refractivity contribution in [1.29, 1.82) is 0 Å². The highest BCUT2D eigenvalue weighted by atomic mass is 79.9. The summed E-state index contributed by atoms with van der Waals surface area (Å²) in [5.41, 5.74) is 3.11. The van der Waals surface area contributed by atoms with Crippen LogP contribution in [0.4, 0.5) is 5.82 Å². The molecule has 0 spiro atoms. The van der Waals surface area contributed by atoms with Crippen molar-refractivity contribution >= 4 is 44.0 Å². The van der Waals surface area contributed by atoms with Gasteiger partial charge in [-0.2, -0.15) is 0 Å². The van der Waals surface area contributed by atoms with Crippen molar-refractivity contribution in [3.63, 3.8) is 0 Å². The number of aromatic nitrogens is 1. The molecule has 0 saturated carbocycles. The fourth-order valence-electron chi connectivity index (χ4n) is 5.13. The molecule has 4 aromatic rings. The molecule has 1 atom stereocenters. The van der Waals surface area contributed by atoms with Gasteiger partial charge in [-0.05, 0) is 68.3 Å². The van der Waals surface area contributed by atoms with Gasteiger partial charge in [0.05, 0.1) is 5.52 Å². The van der Waals surface area contributed by atoms with Gasteiger partial charge in [-0.3, -0.25) is 0 Å². The standard InChI is InChI=1S/C30H35BrN4OS/c1-33(2)12-11-30(36,27-10-7-17-37-27)26-21-25(31)20-23-19-24(18-22-8-5-4-6-9-22)29(32-28(23)26)35-15-13-34(3)14-16-35/h4-10,17,19-21,36H,11-16,18H2,1-3H3. The number of pyridine rings is 1. The summed E-state index contributed by atoms with van der Waals surface area (Å²) in [5.74, 6) is 1.04. The summed E-state index contributed by atoms with van der Waals surface area (Å²) < 4.78 is 0.953. The molecule has 7 heteroatoms. The second-order valence-electron chi connectivity index (χ2n) is 10.3. The van der Waals surface area contributed by atoms with E-state index in [0.717, 1.165) is 70.8 Å². The molecule has 2 aromatic carbocycles. The number of anilines is 1. The molecule has 1 fully saturated rings. The predicted molar refractivity (Wildman–Crippen MR) is 159 cm³/mol. The van der Waals surface area contributed by atoms with Gasteiger partial charge in [0.2, 0.25) is 0 Å². The number of aliphatic hydroxyl groups is 1. The van der Waals surface area contributed by atoms with Crippen molar-refractivity contribution in [3.8, 4) is 0 Å². The van der Waals surface area contributed by atoms with Gasteiger partial charge in [-0.1, -0.05) is 52.3 Å². The summed E-state index contributed by atoms with van der Waals surface area (Å²) in [6, 6.07) is 21.2. The third-order valence-corrected chi connectivity index (χ3v) is 8.75. The first kappa shape index (κ1) is 26.3. The molecule has 0 radical (unpaired) electrons. The maximum atomic E-state index is 12.4. The average Bonchev–Trinajstić information content (AvgIpc) is 3.43. The molecule has 1 unspecified atom stereocenters. The number of rotatable bonds is 8. The number of benzene rings is 2. The Bertz CT molecular complexity index is 1340. The van der Waals surface area contributed by atoms with E-state index in [-0.39, 0.29) is 0 Å². The van der Waals surface area contributed by atoms with Crippen molar-refractivity contribution in [2.24, 2.45) is 0 Å². The van der Waals surface area contributed by atoms with E-state index in [9.17, 15) is 5.11 Å². The Hall–Kier alpha value is -2.29. The largest absolute Gasteiger partial charge is 0.379 e. The van der Waals surface area contributed by atoms with Crippen molar-refractivity contribution in [3.05, 3.63) is 92.1 Å². The van der Waals surface area contributed by atoms with Gasteiger partial charge in [0.1, 0.15) is 11.4 Å². The maximum absolute atomic E-state index is 12.4. The summed E-state index contributed by atoms with van der Waals surface area (Å²) in [6.45, 7) is 4.68. The summed E-state index contributed by atoms with van der Waals surface area (Å²) in [6.07, 6.45) is 1.41. The fraction of sp³-hybridized carbons (Fsp3) is 0.367. The van der Waals surface area contributed by atoms with Crippen LogP contribution in [0.25, 0.3) is 10.9 Å². The molecule has 5 rings (SSSR count). The Morgan fingerprint density at radius 1 is 1.03 bits per heavy atom. The van der Waals surface area contributed by atoms with E-state index < -0.39 is 5.60 Å². The van der Waals surface area contributed by atoms with Crippen LogP contribution in [0.3, 0.4) is 0 Å². The lowest BCUT2D eigenvalue weighted by molar-refractivity contribution is 0.0678. The summed E-state index contributed by atoms with van der Waals surface area (Å²) in [5, 5.41) is 15.4. The Morgan fingerprint density at radius 2 is 1.78 bits per heavy atom. The highest BCUT2D eigenvalue weighted by Crippen LogP contribution is 2.41. The summed E-state index contributed by atoms with van der Waals surface area (Å²) in [4.78, 5) is 13.2. The minimum atomic E-state index is -1.13. The van der Waals surface area contributed by atoms with E-state index in [1.807, 2.05) is 31.6 Å². The van der Waals surface area contributed by atoms with E-state index in [0.29, 0.717) is 6.42 Å². The number of hydrogen-bond donors (Lipinski definition) is 1. The quantitative estimate of drug-likeness (QED) is 0.295. The normalized spacial score (nSPS) is 16.4. The predicted octanol–water partition coefficient (Wildman–Crippen LogP) is 5.59. The lowest BCUT2D eigenvalue weighted by Crippen LogP contribution is -2.45. The van der Waals surface area contributed by atoms with Gasteiger partial charge < -0.3 is 19.8 Å². The monoisotopic (exact) mass is 578 g/mol. The molecule has 1 aliphatic rings. The van der Waals surface area contributed by atoms with Crippen LogP contribution in [0.5, 0.6) is 0 Å². The third kappa shape index (κ3) is 5.76. The molecular formula is C30H35BrN4OS. The highest BCUT2D eigenvalue weighted by Gasteiger charge is 2.35. The van der Waals surface area contributed by atoms with Crippen LogP contribution < -0.4 is 4.90 Å². The molecule has 194 valence electrons. The van der Waals surface area contributed by atoms with E-state index >= 15 is 0 Å². The van der Waals surface area contributed by atoms with Crippen LogP contribution in [0.2, 0.25) is 0 Å². The second-order valence-corrected chi connectivity index (χ2v) is 12.2. The third-order valence-electron chi connectivity index (χ3n) is 7.27. The molecule has 1 aliphatic heterocycles. The molecule has 37 heavy (non-hydrogen) atoms. The van der Waals surface area contributed by atoms with Crippen molar-refractivity contribution in [2.75, 3.05) is 58.8 Å². The molecule has 2 aromatic heterocycles. The zero-order valence-electron chi connectivity index (χ0n) is 21.8. The first-order valence-corrected chi connectivity index (χ1v) is 14.5. The number of thiophene rings is 1. The topological polar surface area (TPSA) is 42.8 Å². The van der Waals surface area contributed by atoms with Crippen molar-refractivity contribution in [1.82, 2.24) is 14.8 Å². The van der Waals surface area contributed by atoms with E-state index in [1.165, 1.54) is 11.1 Å². The van der Waals surface area contributed by atoms with Crippen molar-refractivity contribution < 1.29 is 5.11 Å². The number of halogens is 1. The van der Waals surface area contributed by atoms with Gasteiger partial charge in [-0.25, -0.2) is 4.98 Å². The van der Waals surface area contributed by atoms with Crippen LogP contribution in [-0.4, -0.2) is 73.8 Å². The summed E-state index contributed by atoms with van der Waals surface area (Å²) in [7, 11) is 6.28. The van der Waals surface area contributed by atoms with Gasteiger partial charge in [0, 0.05) is 59.4 Å². The Kier molecular flexibility index (Phi) is 7.98. The maximum Gasteiger partial charge on any atom is 0.132 e. The number of piperazine rings is 1. The molecule has 1 N–H and O–H groups in total.